The van der Waals surface area contributed by atoms with Gasteiger partial charge in [0.05, 0.1) is 17.9 Å². The van der Waals surface area contributed by atoms with E-state index in [0.717, 1.165) is 0 Å². The highest BCUT2D eigenvalue weighted by Crippen LogP contribution is 2.09. The molecule has 22 heavy (non-hydrogen) atoms. The van der Waals surface area contributed by atoms with E-state index in [1.54, 1.807) is 36.7 Å². The van der Waals surface area contributed by atoms with Crippen LogP contribution in [0, 0.1) is 0 Å². The number of nitrogens with one attached hydrogen (secondary N) is 1. The summed E-state index contributed by atoms with van der Waals surface area (Å²) in [7, 11) is 0. The number of aromatic carboxylic acids is 1. The molecule has 0 spiro atoms. The maximum atomic E-state index is 11.6. The van der Waals surface area contributed by atoms with Crippen LogP contribution in [0.15, 0.2) is 53.0 Å². The second kappa shape index (κ2) is 7.89. The number of benzene rings is 1. The van der Waals surface area contributed by atoms with Gasteiger partial charge in [-0.3, -0.25) is 4.79 Å². The lowest BCUT2D eigenvalue weighted by Gasteiger charge is -2.05. The van der Waals surface area contributed by atoms with Gasteiger partial charge in [0.15, 0.2) is 5.16 Å². The average molecular weight is 315 g/mol. The zero-order chi connectivity index (χ0) is 15.8. The molecule has 112 valence electrons. The Kier molecular flexibility index (Phi) is 5.61. The maximum Gasteiger partial charge on any atom is 0.250 e. The van der Waals surface area contributed by atoms with Gasteiger partial charge >= 0.3 is 0 Å². The molecular formula is C14H11N4O3S-. The highest BCUT2D eigenvalue weighted by atomic mass is 32.2. The number of nitrogens with zero attached hydrogens (tertiary/aromatic N) is 3. The second-order valence-corrected chi connectivity index (χ2v) is 4.93. The zero-order valence-electron chi connectivity index (χ0n) is 11.3. The standard InChI is InChI=1S/C14H12N4O3S/c19-12(9-22-14-15-6-3-7-16-14)18-17-8-10-4-1-2-5-11(10)13(20)21/h1-8H,9H2,(H,18,19)(H,20,21)/p-1. The minimum absolute atomic E-state index is 0.00700. The Labute approximate surface area is 130 Å². The summed E-state index contributed by atoms with van der Waals surface area (Å²) in [5.41, 5.74) is 2.66. The molecule has 1 amide bonds. The molecule has 0 fully saturated rings. The summed E-state index contributed by atoms with van der Waals surface area (Å²) in [6, 6.07) is 7.90. The highest BCUT2D eigenvalue weighted by molar-refractivity contribution is 7.99. The van der Waals surface area contributed by atoms with Crippen LogP contribution in [0.3, 0.4) is 0 Å². The molecule has 0 unspecified atom stereocenters. The fourth-order valence-corrected chi connectivity index (χ4v) is 2.09. The topological polar surface area (TPSA) is 107 Å². The molecule has 1 heterocycles. The third-order valence-corrected chi connectivity index (χ3v) is 3.32. The number of rotatable bonds is 6. The zero-order valence-corrected chi connectivity index (χ0v) is 12.1. The van der Waals surface area contributed by atoms with Crippen molar-refractivity contribution >= 4 is 29.9 Å². The smallest absolute Gasteiger partial charge is 0.250 e. The molecular weight excluding hydrogens is 304 g/mol. The number of carboxylic acids is 1. The largest absolute Gasteiger partial charge is 0.545 e. The van der Waals surface area contributed by atoms with E-state index in [4.69, 9.17) is 0 Å². The third kappa shape index (κ3) is 4.67. The van der Waals surface area contributed by atoms with Crippen molar-refractivity contribution in [3.05, 3.63) is 53.9 Å². The van der Waals surface area contributed by atoms with Crippen LogP contribution in [0.1, 0.15) is 15.9 Å². The number of carbonyl (C=O) groups is 2. The molecule has 0 aliphatic heterocycles. The van der Waals surface area contributed by atoms with E-state index in [2.05, 4.69) is 20.5 Å². The van der Waals surface area contributed by atoms with Crippen LogP contribution in [-0.2, 0) is 4.79 Å². The number of hydrogen-bond acceptors (Lipinski definition) is 7. The summed E-state index contributed by atoms with van der Waals surface area (Å²) < 4.78 is 0. The quantitative estimate of drug-likeness (QED) is 0.350. The summed E-state index contributed by atoms with van der Waals surface area (Å²) in [6.07, 6.45) is 4.43. The van der Waals surface area contributed by atoms with Gasteiger partial charge in [-0.2, -0.15) is 5.10 Å². The fourth-order valence-electron chi connectivity index (χ4n) is 1.49. The van der Waals surface area contributed by atoms with E-state index in [-0.39, 0.29) is 17.2 Å². The monoisotopic (exact) mass is 315 g/mol. The first-order valence-electron chi connectivity index (χ1n) is 6.19. The molecule has 7 nitrogen and oxygen atoms in total. The molecule has 1 aromatic heterocycles. The Bertz CT molecular complexity index is 691. The van der Waals surface area contributed by atoms with E-state index < -0.39 is 5.97 Å². The van der Waals surface area contributed by atoms with E-state index in [0.29, 0.717) is 10.7 Å². The molecule has 0 saturated carbocycles. The summed E-state index contributed by atoms with van der Waals surface area (Å²) in [4.78, 5) is 30.4. The van der Waals surface area contributed by atoms with E-state index in [1.807, 2.05) is 0 Å². The predicted molar refractivity (Wildman–Crippen MR) is 79.3 cm³/mol. The first kappa shape index (κ1) is 15.6. The minimum atomic E-state index is -1.30. The van der Waals surface area contributed by atoms with Gasteiger partial charge < -0.3 is 9.90 Å². The van der Waals surface area contributed by atoms with Crippen LogP contribution in [0.5, 0.6) is 0 Å². The van der Waals surface area contributed by atoms with Crippen molar-refractivity contribution in [2.45, 2.75) is 5.16 Å². The number of hydrogen-bond donors (Lipinski definition) is 1. The lowest BCUT2D eigenvalue weighted by Crippen LogP contribution is -2.24. The molecule has 0 bridgehead atoms. The SMILES string of the molecule is O=C(CSc1ncccn1)NN=Cc1ccccc1C(=O)[O-]. The van der Waals surface area contributed by atoms with Crippen LogP contribution in [0.4, 0.5) is 0 Å². The molecule has 0 aliphatic rings. The lowest BCUT2D eigenvalue weighted by atomic mass is 10.1. The van der Waals surface area contributed by atoms with Crippen molar-refractivity contribution < 1.29 is 14.7 Å². The molecule has 0 saturated heterocycles. The van der Waals surface area contributed by atoms with Crippen molar-refractivity contribution in [2.24, 2.45) is 5.10 Å². The summed E-state index contributed by atoms with van der Waals surface area (Å²) in [6.45, 7) is 0. The third-order valence-electron chi connectivity index (χ3n) is 2.45. The molecule has 2 rings (SSSR count). The Morgan fingerprint density at radius 1 is 1.23 bits per heavy atom. The van der Waals surface area contributed by atoms with Gasteiger partial charge in [-0.15, -0.1) is 0 Å². The maximum absolute atomic E-state index is 11.6. The van der Waals surface area contributed by atoms with Crippen molar-refractivity contribution in [3.8, 4) is 0 Å². The Morgan fingerprint density at radius 2 is 1.95 bits per heavy atom. The predicted octanol–water partition coefficient (Wildman–Crippen LogP) is 0.0825. The summed E-state index contributed by atoms with van der Waals surface area (Å²) >= 11 is 1.17. The molecule has 0 atom stereocenters. The Hall–Kier alpha value is -2.74. The Morgan fingerprint density at radius 3 is 2.68 bits per heavy atom. The van der Waals surface area contributed by atoms with Crippen molar-refractivity contribution in [1.29, 1.82) is 0 Å². The number of hydrazone groups is 1. The number of carbonyl (C=O) groups excluding carboxylic acids is 2. The van der Waals surface area contributed by atoms with Gasteiger partial charge in [-0.25, -0.2) is 15.4 Å². The van der Waals surface area contributed by atoms with Gasteiger partial charge in [0.2, 0.25) is 0 Å². The van der Waals surface area contributed by atoms with Gasteiger partial charge in [0.25, 0.3) is 5.91 Å². The van der Waals surface area contributed by atoms with Crippen LogP contribution < -0.4 is 10.5 Å². The number of carboxylic acid groups (broad SMARTS) is 1. The molecule has 0 radical (unpaired) electrons. The Balaban J connectivity index is 1.87. The molecule has 8 heteroatoms. The summed E-state index contributed by atoms with van der Waals surface area (Å²) in [5.74, 6) is -1.55. The van der Waals surface area contributed by atoms with Gasteiger partial charge in [-0.05, 0) is 6.07 Å². The summed E-state index contributed by atoms with van der Waals surface area (Å²) in [5, 5.41) is 15.1. The highest BCUT2D eigenvalue weighted by Gasteiger charge is 2.03. The van der Waals surface area contributed by atoms with Gasteiger partial charge in [0.1, 0.15) is 0 Å². The molecule has 1 aromatic carbocycles. The van der Waals surface area contributed by atoms with E-state index in [9.17, 15) is 14.7 Å². The van der Waals surface area contributed by atoms with Crippen molar-refractivity contribution in [3.63, 3.8) is 0 Å². The van der Waals surface area contributed by atoms with Crippen LogP contribution in [0.2, 0.25) is 0 Å². The number of amides is 1. The first-order valence-corrected chi connectivity index (χ1v) is 7.17. The van der Waals surface area contributed by atoms with Crippen molar-refractivity contribution in [2.75, 3.05) is 5.75 Å². The molecule has 0 aliphatic carbocycles. The number of aromatic nitrogens is 2. The fraction of sp³-hybridized carbons (Fsp3) is 0.0714. The van der Waals surface area contributed by atoms with Crippen LogP contribution >= 0.6 is 11.8 Å². The minimum Gasteiger partial charge on any atom is -0.545 e. The van der Waals surface area contributed by atoms with Crippen LogP contribution in [-0.4, -0.2) is 33.8 Å². The molecule has 1 N–H and O–H groups in total. The molecule has 2 aromatic rings. The lowest BCUT2D eigenvalue weighted by molar-refractivity contribution is -0.255. The average Bonchev–Trinajstić information content (AvgIpc) is 2.54. The van der Waals surface area contributed by atoms with E-state index in [1.165, 1.54) is 24.0 Å². The van der Waals surface area contributed by atoms with Gasteiger partial charge in [0, 0.05) is 23.5 Å². The second-order valence-electron chi connectivity index (χ2n) is 3.99. The first-order chi connectivity index (χ1) is 10.7. The number of thioether (sulfide) groups is 1. The van der Waals surface area contributed by atoms with Crippen LogP contribution in [0.25, 0.3) is 0 Å². The van der Waals surface area contributed by atoms with E-state index >= 15 is 0 Å². The van der Waals surface area contributed by atoms with Crippen molar-refractivity contribution in [1.82, 2.24) is 15.4 Å². The van der Waals surface area contributed by atoms with Gasteiger partial charge in [-0.1, -0.05) is 36.0 Å². The normalized spacial score (nSPS) is 10.5.